The van der Waals surface area contributed by atoms with Gasteiger partial charge >= 0.3 is 6.09 Å². The molecule has 0 aliphatic carbocycles. The minimum absolute atomic E-state index is 0.304. The highest BCUT2D eigenvalue weighted by atomic mass is 16.4. The highest BCUT2D eigenvalue weighted by Gasteiger charge is 2.19. The Hall–Kier alpha value is -1.55. The van der Waals surface area contributed by atoms with Crippen molar-refractivity contribution in [3.8, 4) is 0 Å². The van der Waals surface area contributed by atoms with E-state index in [4.69, 9.17) is 0 Å². The van der Waals surface area contributed by atoms with Gasteiger partial charge in [0, 0.05) is 19.1 Å². The molecule has 0 bridgehead atoms. The second-order valence-electron chi connectivity index (χ2n) is 4.80. The molecular weight excluding hydrogens is 228 g/mol. The molecule has 18 heavy (non-hydrogen) atoms. The third-order valence-electron chi connectivity index (χ3n) is 3.34. The number of carboxylic acid groups (broad SMARTS) is 1. The third-order valence-corrected chi connectivity index (χ3v) is 3.34. The van der Waals surface area contributed by atoms with Gasteiger partial charge in [0.15, 0.2) is 0 Å². The van der Waals surface area contributed by atoms with Gasteiger partial charge in [-0.05, 0) is 24.9 Å². The van der Waals surface area contributed by atoms with Crippen molar-refractivity contribution >= 4 is 6.09 Å². The molecular formula is C14H20N2O2. The fourth-order valence-electron chi connectivity index (χ4n) is 2.36. The van der Waals surface area contributed by atoms with E-state index in [2.05, 4.69) is 5.32 Å². The van der Waals surface area contributed by atoms with Crippen molar-refractivity contribution in [1.82, 2.24) is 10.2 Å². The molecule has 1 saturated heterocycles. The van der Waals surface area contributed by atoms with Gasteiger partial charge in [-0.3, -0.25) is 0 Å². The van der Waals surface area contributed by atoms with E-state index >= 15 is 0 Å². The van der Waals surface area contributed by atoms with Crippen LogP contribution < -0.4 is 5.32 Å². The Morgan fingerprint density at radius 2 is 2.11 bits per heavy atom. The Kier molecular flexibility index (Phi) is 4.59. The zero-order valence-electron chi connectivity index (χ0n) is 10.5. The molecule has 1 heterocycles. The van der Waals surface area contributed by atoms with Gasteiger partial charge in [-0.2, -0.15) is 0 Å². The van der Waals surface area contributed by atoms with E-state index in [1.54, 1.807) is 0 Å². The number of nitrogens with one attached hydrogen (secondary N) is 1. The molecule has 4 nitrogen and oxygen atoms in total. The minimum Gasteiger partial charge on any atom is -0.465 e. The summed E-state index contributed by atoms with van der Waals surface area (Å²) in [7, 11) is 0. The van der Waals surface area contributed by atoms with Crippen LogP contribution in [0.3, 0.4) is 0 Å². The number of benzene rings is 1. The lowest BCUT2D eigenvalue weighted by molar-refractivity contribution is 0.134. The maximum Gasteiger partial charge on any atom is 0.407 e. The summed E-state index contributed by atoms with van der Waals surface area (Å²) in [5, 5.41) is 12.6. The zero-order valence-corrected chi connectivity index (χ0v) is 10.5. The number of carbonyl (C=O) groups is 1. The standard InChI is InChI=1S/C14H20N2O2/c17-14(18)16(10-12-6-2-1-3-7-12)11-13-8-4-5-9-15-13/h1-3,6-7,13,15H,4-5,8-11H2,(H,17,18)/t13-/m1/s1. The van der Waals surface area contributed by atoms with E-state index in [1.165, 1.54) is 17.7 Å². The fourth-order valence-corrected chi connectivity index (χ4v) is 2.36. The van der Waals surface area contributed by atoms with Crippen molar-refractivity contribution in [1.29, 1.82) is 0 Å². The van der Waals surface area contributed by atoms with E-state index in [0.29, 0.717) is 19.1 Å². The van der Waals surface area contributed by atoms with Crippen LogP contribution in [0, 0.1) is 0 Å². The molecule has 0 spiro atoms. The average molecular weight is 248 g/mol. The SMILES string of the molecule is O=C(O)N(Cc1ccccc1)C[C@H]1CCCCN1. The van der Waals surface area contributed by atoms with Crippen LogP contribution in [0.4, 0.5) is 4.79 Å². The number of nitrogens with zero attached hydrogens (tertiary/aromatic N) is 1. The lowest BCUT2D eigenvalue weighted by Gasteiger charge is -2.29. The first-order valence-corrected chi connectivity index (χ1v) is 6.51. The second kappa shape index (κ2) is 6.40. The highest BCUT2D eigenvalue weighted by Crippen LogP contribution is 2.11. The molecule has 1 aromatic carbocycles. The van der Waals surface area contributed by atoms with Crippen LogP contribution in [-0.4, -0.2) is 35.2 Å². The first-order valence-electron chi connectivity index (χ1n) is 6.51. The predicted molar refractivity (Wildman–Crippen MR) is 70.5 cm³/mol. The summed E-state index contributed by atoms with van der Waals surface area (Å²) in [4.78, 5) is 12.8. The van der Waals surface area contributed by atoms with Crippen LogP contribution in [0.1, 0.15) is 24.8 Å². The number of amides is 1. The number of hydrogen-bond donors (Lipinski definition) is 2. The molecule has 1 fully saturated rings. The topological polar surface area (TPSA) is 52.6 Å². The smallest absolute Gasteiger partial charge is 0.407 e. The van der Waals surface area contributed by atoms with E-state index in [-0.39, 0.29) is 0 Å². The van der Waals surface area contributed by atoms with Crippen LogP contribution in [0.5, 0.6) is 0 Å². The van der Waals surface area contributed by atoms with Crippen molar-refractivity contribution in [3.05, 3.63) is 35.9 Å². The largest absolute Gasteiger partial charge is 0.465 e. The summed E-state index contributed by atoms with van der Waals surface area (Å²) in [5.74, 6) is 0. The summed E-state index contributed by atoms with van der Waals surface area (Å²) in [5.41, 5.74) is 1.04. The maximum atomic E-state index is 11.3. The van der Waals surface area contributed by atoms with Crippen molar-refractivity contribution in [2.75, 3.05) is 13.1 Å². The Balaban J connectivity index is 1.93. The quantitative estimate of drug-likeness (QED) is 0.859. The molecule has 1 aliphatic heterocycles. The normalized spacial score (nSPS) is 19.4. The highest BCUT2D eigenvalue weighted by molar-refractivity contribution is 5.65. The van der Waals surface area contributed by atoms with Gasteiger partial charge in [0.2, 0.25) is 0 Å². The lowest BCUT2D eigenvalue weighted by Crippen LogP contribution is -2.45. The van der Waals surface area contributed by atoms with Crippen molar-refractivity contribution in [2.24, 2.45) is 0 Å². The Morgan fingerprint density at radius 3 is 2.72 bits per heavy atom. The summed E-state index contributed by atoms with van der Waals surface area (Å²) in [6.45, 7) is 2.04. The number of hydrogen-bond acceptors (Lipinski definition) is 2. The minimum atomic E-state index is -0.841. The van der Waals surface area contributed by atoms with Gasteiger partial charge in [-0.1, -0.05) is 36.8 Å². The van der Waals surface area contributed by atoms with Crippen LogP contribution in [-0.2, 0) is 6.54 Å². The molecule has 2 N–H and O–H groups in total. The molecule has 1 aliphatic rings. The van der Waals surface area contributed by atoms with Crippen LogP contribution >= 0.6 is 0 Å². The van der Waals surface area contributed by atoms with Gasteiger partial charge in [-0.15, -0.1) is 0 Å². The Morgan fingerprint density at radius 1 is 1.33 bits per heavy atom. The van der Waals surface area contributed by atoms with Gasteiger partial charge < -0.3 is 15.3 Å². The summed E-state index contributed by atoms with van der Waals surface area (Å²) in [6.07, 6.45) is 2.61. The van der Waals surface area contributed by atoms with E-state index in [0.717, 1.165) is 18.5 Å². The van der Waals surface area contributed by atoms with Crippen LogP contribution in [0.25, 0.3) is 0 Å². The molecule has 0 unspecified atom stereocenters. The summed E-state index contributed by atoms with van der Waals surface area (Å²) < 4.78 is 0. The monoisotopic (exact) mass is 248 g/mol. The first-order chi connectivity index (χ1) is 8.75. The zero-order chi connectivity index (χ0) is 12.8. The molecule has 4 heteroatoms. The molecule has 1 aromatic rings. The average Bonchev–Trinajstić information content (AvgIpc) is 2.40. The molecule has 1 atom stereocenters. The number of piperidine rings is 1. The van der Waals surface area contributed by atoms with Gasteiger partial charge in [0.25, 0.3) is 0 Å². The van der Waals surface area contributed by atoms with E-state index in [1.807, 2.05) is 30.3 Å². The number of rotatable bonds is 4. The van der Waals surface area contributed by atoms with Gasteiger partial charge in [0.05, 0.1) is 0 Å². The molecule has 1 amide bonds. The lowest BCUT2D eigenvalue weighted by atomic mass is 10.0. The summed E-state index contributed by atoms with van der Waals surface area (Å²) in [6, 6.07) is 10.0. The molecule has 98 valence electrons. The van der Waals surface area contributed by atoms with E-state index < -0.39 is 6.09 Å². The van der Waals surface area contributed by atoms with Crippen LogP contribution in [0.15, 0.2) is 30.3 Å². The Labute approximate surface area is 108 Å². The maximum absolute atomic E-state index is 11.3. The van der Waals surface area contributed by atoms with Gasteiger partial charge in [0.1, 0.15) is 0 Å². The summed E-state index contributed by atoms with van der Waals surface area (Å²) >= 11 is 0. The van der Waals surface area contributed by atoms with Crippen molar-refractivity contribution in [2.45, 2.75) is 31.8 Å². The van der Waals surface area contributed by atoms with Crippen LogP contribution in [0.2, 0.25) is 0 Å². The molecule has 0 saturated carbocycles. The van der Waals surface area contributed by atoms with E-state index in [9.17, 15) is 9.90 Å². The molecule has 0 radical (unpaired) electrons. The Bertz CT molecular complexity index is 375. The fraction of sp³-hybridized carbons (Fsp3) is 0.500. The molecule has 2 rings (SSSR count). The van der Waals surface area contributed by atoms with Crippen molar-refractivity contribution in [3.63, 3.8) is 0 Å². The van der Waals surface area contributed by atoms with Crippen molar-refractivity contribution < 1.29 is 9.90 Å². The predicted octanol–water partition coefficient (Wildman–Crippen LogP) is 2.31. The molecule has 0 aromatic heterocycles. The van der Waals surface area contributed by atoms with Gasteiger partial charge in [-0.25, -0.2) is 4.79 Å². The third kappa shape index (κ3) is 3.74. The first kappa shape index (κ1) is 12.9. The second-order valence-corrected chi connectivity index (χ2v) is 4.80.